The van der Waals surface area contributed by atoms with E-state index in [0.717, 1.165) is 17.8 Å². The Morgan fingerprint density at radius 2 is 2.08 bits per heavy atom. The minimum atomic E-state index is -4.84. The molecule has 0 aromatic carbocycles. The van der Waals surface area contributed by atoms with Crippen molar-refractivity contribution in [2.45, 2.75) is 37.6 Å². The number of hydrogen-bond acceptors (Lipinski definition) is 6. The van der Waals surface area contributed by atoms with Crippen LogP contribution in [-0.4, -0.2) is 32.7 Å². The Bertz CT molecular complexity index is 807. The number of fused-ring (bicyclic) bond motifs is 1. The first-order valence-corrected chi connectivity index (χ1v) is 8.83. The molecule has 0 radical (unpaired) electrons. The maximum atomic E-state index is 13.8. The average molecular weight is 368 g/mol. The quantitative estimate of drug-likeness (QED) is 0.875. The zero-order valence-electron chi connectivity index (χ0n) is 13.1. The summed E-state index contributed by atoms with van der Waals surface area (Å²) in [5.41, 5.74) is -1.62. The first kappa shape index (κ1) is 16.5. The third-order valence-electron chi connectivity index (χ3n) is 4.63. The number of anilines is 1. The predicted octanol–water partition coefficient (Wildman–Crippen LogP) is 3.82. The second kappa shape index (κ2) is 5.77. The first-order valence-electron chi connectivity index (χ1n) is 7.95. The molecule has 2 aromatic heterocycles. The number of aromatic nitrogens is 2. The van der Waals surface area contributed by atoms with Crippen molar-refractivity contribution in [3.8, 4) is 11.4 Å². The van der Waals surface area contributed by atoms with E-state index in [1.807, 2.05) is 0 Å². The van der Waals surface area contributed by atoms with Crippen molar-refractivity contribution in [2.24, 2.45) is 11.0 Å². The molecule has 0 saturated heterocycles. The highest BCUT2D eigenvalue weighted by Crippen LogP contribution is 2.50. The zero-order chi connectivity index (χ0) is 17.7. The fourth-order valence-electron chi connectivity index (χ4n) is 3.40. The highest BCUT2D eigenvalue weighted by atomic mass is 32.1. The molecule has 4 rings (SSSR count). The molecule has 132 valence electrons. The van der Waals surface area contributed by atoms with Crippen LogP contribution in [0.1, 0.15) is 25.7 Å². The summed E-state index contributed by atoms with van der Waals surface area (Å²) in [5.74, 6) is -1.04. The van der Waals surface area contributed by atoms with Crippen molar-refractivity contribution < 1.29 is 18.3 Å². The molecule has 1 aliphatic carbocycles. The summed E-state index contributed by atoms with van der Waals surface area (Å²) in [7, 11) is 0. The number of hydrogen-bond donors (Lipinski definition) is 1. The van der Waals surface area contributed by atoms with E-state index in [1.54, 1.807) is 29.8 Å². The lowest BCUT2D eigenvalue weighted by atomic mass is 9.80. The van der Waals surface area contributed by atoms with Crippen molar-refractivity contribution in [1.29, 1.82) is 0 Å². The van der Waals surface area contributed by atoms with Crippen LogP contribution in [0, 0.1) is 5.92 Å². The van der Waals surface area contributed by atoms with Crippen molar-refractivity contribution >= 4 is 22.2 Å². The molecule has 0 spiro atoms. The fraction of sp³-hybridized carbons (Fsp3) is 0.438. The molecule has 2 unspecified atom stereocenters. The van der Waals surface area contributed by atoms with Gasteiger partial charge in [0.2, 0.25) is 5.13 Å². The van der Waals surface area contributed by atoms with Crippen LogP contribution in [0.5, 0.6) is 0 Å². The summed E-state index contributed by atoms with van der Waals surface area (Å²) in [6, 6.07) is 5.25. The summed E-state index contributed by atoms with van der Waals surface area (Å²) >= 11 is 1.01. The second-order valence-electron chi connectivity index (χ2n) is 6.16. The Morgan fingerprint density at radius 3 is 2.80 bits per heavy atom. The van der Waals surface area contributed by atoms with Gasteiger partial charge in [-0.2, -0.15) is 23.3 Å². The first-order chi connectivity index (χ1) is 11.9. The molecule has 1 saturated carbocycles. The SMILES string of the molecule is OC1(C(F)(F)F)C2CCCCC2=NN1c1nc(-c2ccccn2)cs1. The number of pyridine rings is 1. The highest BCUT2D eigenvalue weighted by Gasteiger charge is 2.67. The van der Waals surface area contributed by atoms with E-state index in [0.29, 0.717) is 35.0 Å². The van der Waals surface area contributed by atoms with E-state index in [1.165, 1.54) is 0 Å². The topological polar surface area (TPSA) is 61.6 Å². The molecule has 0 bridgehead atoms. The van der Waals surface area contributed by atoms with Crippen LogP contribution in [-0.2, 0) is 0 Å². The molecular weight excluding hydrogens is 353 g/mol. The van der Waals surface area contributed by atoms with E-state index in [-0.39, 0.29) is 11.6 Å². The van der Waals surface area contributed by atoms with Gasteiger partial charge in [-0.15, -0.1) is 11.3 Å². The lowest BCUT2D eigenvalue weighted by Gasteiger charge is -2.38. The molecule has 0 amide bonds. The van der Waals surface area contributed by atoms with Crippen LogP contribution in [0.4, 0.5) is 18.3 Å². The maximum Gasteiger partial charge on any atom is 0.439 e. The van der Waals surface area contributed by atoms with Crippen molar-refractivity contribution in [1.82, 2.24) is 9.97 Å². The Hall–Kier alpha value is -2.00. The lowest BCUT2D eigenvalue weighted by molar-refractivity contribution is -0.269. The lowest BCUT2D eigenvalue weighted by Crippen LogP contribution is -2.60. The number of nitrogens with zero attached hydrogens (tertiary/aromatic N) is 4. The van der Waals surface area contributed by atoms with Gasteiger partial charge >= 0.3 is 6.18 Å². The van der Waals surface area contributed by atoms with E-state index in [9.17, 15) is 18.3 Å². The molecule has 2 aromatic rings. The molecule has 1 fully saturated rings. The maximum absolute atomic E-state index is 13.8. The van der Waals surface area contributed by atoms with Crippen molar-refractivity contribution in [2.75, 3.05) is 5.01 Å². The fourth-order valence-corrected chi connectivity index (χ4v) is 4.22. The molecule has 5 nitrogen and oxygen atoms in total. The smallest absolute Gasteiger partial charge is 0.362 e. The van der Waals surface area contributed by atoms with Gasteiger partial charge in [-0.05, 0) is 31.4 Å². The van der Waals surface area contributed by atoms with Gasteiger partial charge in [-0.3, -0.25) is 4.98 Å². The van der Waals surface area contributed by atoms with Gasteiger partial charge in [0.1, 0.15) is 5.69 Å². The Morgan fingerprint density at radius 1 is 1.24 bits per heavy atom. The minimum Gasteiger partial charge on any atom is -0.362 e. The van der Waals surface area contributed by atoms with Crippen LogP contribution in [0.25, 0.3) is 11.4 Å². The molecule has 1 N–H and O–H groups in total. The number of halogens is 3. The van der Waals surface area contributed by atoms with Gasteiger partial charge in [0.15, 0.2) is 0 Å². The van der Waals surface area contributed by atoms with Crippen LogP contribution >= 0.6 is 11.3 Å². The number of hydrazone groups is 1. The molecule has 3 heterocycles. The summed E-state index contributed by atoms with van der Waals surface area (Å²) < 4.78 is 41.3. The summed E-state index contributed by atoms with van der Waals surface area (Å²) in [5, 5.41) is 17.1. The normalized spacial score (nSPS) is 26.5. The largest absolute Gasteiger partial charge is 0.439 e. The van der Waals surface area contributed by atoms with Gasteiger partial charge in [-0.25, -0.2) is 4.98 Å². The number of rotatable bonds is 2. The van der Waals surface area contributed by atoms with Crippen LogP contribution in [0.3, 0.4) is 0 Å². The third-order valence-corrected chi connectivity index (χ3v) is 5.45. The molecule has 9 heteroatoms. The van der Waals surface area contributed by atoms with Gasteiger partial charge in [-0.1, -0.05) is 12.5 Å². The Labute approximate surface area is 145 Å². The molecule has 25 heavy (non-hydrogen) atoms. The van der Waals surface area contributed by atoms with Crippen LogP contribution in [0.15, 0.2) is 34.9 Å². The Kier molecular flexibility index (Phi) is 3.80. The predicted molar refractivity (Wildman–Crippen MR) is 88.2 cm³/mol. The van der Waals surface area contributed by atoms with E-state index in [4.69, 9.17) is 0 Å². The average Bonchev–Trinajstić information content (AvgIpc) is 3.19. The highest BCUT2D eigenvalue weighted by molar-refractivity contribution is 7.14. The van der Waals surface area contributed by atoms with Gasteiger partial charge in [0, 0.05) is 17.3 Å². The molecule has 2 atom stereocenters. The number of thiazole rings is 1. The summed E-state index contributed by atoms with van der Waals surface area (Å²) in [4.78, 5) is 8.40. The van der Waals surface area contributed by atoms with Crippen molar-refractivity contribution in [3.05, 3.63) is 29.8 Å². The zero-order valence-corrected chi connectivity index (χ0v) is 13.9. The number of aliphatic hydroxyl groups is 1. The Balaban J connectivity index is 1.75. The van der Waals surface area contributed by atoms with Gasteiger partial charge < -0.3 is 5.11 Å². The standard InChI is InChI=1S/C16H15F3N4OS/c17-16(18,19)15(24)10-5-1-2-6-11(10)22-23(15)14-21-13(9-25-14)12-7-3-4-8-20-12/h3-4,7-10,24H,1-2,5-6H2. The summed E-state index contributed by atoms with van der Waals surface area (Å²) in [6.45, 7) is 0. The van der Waals surface area contributed by atoms with Crippen molar-refractivity contribution in [3.63, 3.8) is 0 Å². The molecule has 2 aliphatic rings. The minimum absolute atomic E-state index is 0.0161. The molecular formula is C16H15F3N4OS. The molecule has 1 aliphatic heterocycles. The summed E-state index contributed by atoms with van der Waals surface area (Å²) in [6.07, 6.45) is -1.08. The monoisotopic (exact) mass is 368 g/mol. The third kappa shape index (κ3) is 2.53. The van der Waals surface area contributed by atoms with E-state index >= 15 is 0 Å². The van der Waals surface area contributed by atoms with Crippen LogP contribution < -0.4 is 5.01 Å². The number of alkyl halides is 3. The van der Waals surface area contributed by atoms with E-state index in [2.05, 4.69) is 15.1 Å². The second-order valence-corrected chi connectivity index (χ2v) is 6.99. The van der Waals surface area contributed by atoms with Crippen LogP contribution in [0.2, 0.25) is 0 Å². The van der Waals surface area contributed by atoms with E-state index < -0.39 is 17.8 Å². The van der Waals surface area contributed by atoms with Gasteiger partial charge in [0.05, 0.1) is 11.6 Å². The van der Waals surface area contributed by atoms with Gasteiger partial charge in [0.25, 0.3) is 5.72 Å².